The van der Waals surface area contributed by atoms with Crippen LogP contribution >= 0.6 is 0 Å². The molecule has 164 valence electrons. The van der Waals surface area contributed by atoms with Gasteiger partial charge in [-0.25, -0.2) is 9.97 Å². The molecular weight excluding hydrogens is 370 g/mol. The molecule has 2 fully saturated rings. The summed E-state index contributed by atoms with van der Waals surface area (Å²) < 4.78 is 2.03. The standard InChI is InChI=1S/C25H39N5/c1-17(14-19-8-10-21(11-9-19)29(3)4)18(2)25-26-13-12-23(28-25)22-16-27-30(5)24(22)15-20-6-7-20/h12-13,16-21H,6-11,14-15H2,1-5H3/t17-,18?,19?,21?/m1/s1. The van der Waals surface area contributed by atoms with E-state index in [9.17, 15) is 0 Å². The van der Waals surface area contributed by atoms with Gasteiger partial charge in [-0.3, -0.25) is 4.68 Å². The van der Waals surface area contributed by atoms with Crippen LogP contribution < -0.4 is 0 Å². The summed E-state index contributed by atoms with van der Waals surface area (Å²) in [4.78, 5) is 12.1. The number of nitrogens with zero attached hydrogens (tertiary/aromatic N) is 5. The average molecular weight is 410 g/mol. The van der Waals surface area contributed by atoms with Crippen molar-refractivity contribution in [1.82, 2.24) is 24.6 Å². The highest BCUT2D eigenvalue weighted by molar-refractivity contribution is 5.61. The van der Waals surface area contributed by atoms with Crippen molar-refractivity contribution >= 4 is 0 Å². The first-order chi connectivity index (χ1) is 14.4. The molecule has 2 aromatic heterocycles. The molecule has 2 heterocycles. The molecule has 2 aliphatic rings. The van der Waals surface area contributed by atoms with E-state index in [1.54, 1.807) is 0 Å². The molecule has 0 spiro atoms. The minimum absolute atomic E-state index is 0.375. The number of hydrogen-bond acceptors (Lipinski definition) is 4. The van der Waals surface area contributed by atoms with Gasteiger partial charge in [-0.2, -0.15) is 5.10 Å². The number of hydrogen-bond donors (Lipinski definition) is 0. The van der Waals surface area contributed by atoms with Gasteiger partial charge in [0, 0.05) is 36.5 Å². The van der Waals surface area contributed by atoms with Gasteiger partial charge in [0.15, 0.2) is 0 Å². The van der Waals surface area contributed by atoms with Crippen molar-refractivity contribution in [2.45, 2.75) is 77.2 Å². The Labute approximate surface area is 182 Å². The lowest BCUT2D eigenvalue weighted by Crippen LogP contribution is -2.32. The molecule has 0 bridgehead atoms. The predicted octanol–water partition coefficient (Wildman–Crippen LogP) is 5.08. The highest BCUT2D eigenvalue weighted by atomic mass is 15.3. The van der Waals surface area contributed by atoms with Crippen molar-refractivity contribution in [3.8, 4) is 11.3 Å². The lowest BCUT2D eigenvalue weighted by molar-refractivity contribution is 0.175. The zero-order valence-corrected chi connectivity index (χ0v) is 19.5. The van der Waals surface area contributed by atoms with Crippen molar-refractivity contribution in [2.75, 3.05) is 14.1 Å². The molecule has 1 unspecified atom stereocenters. The van der Waals surface area contributed by atoms with E-state index >= 15 is 0 Å². The van der Waals surface area contributed by atoms with Crippen molar-refractivity contribution in [1.29, 1.82) is 0 Å². The smallest absolute Gasteiger partial charge is 0.132 e. The quantitative estimate of drug-likeness (QED) is 0.610. The fourth-order valence-electron chi connectivity index (χ4n) is 5.14. The number of rotatable bonds is 8. The van der Waals surface area contributed by atoms with E-state index in [2.05, 4.69) is 56.0 Å². The fourth-order valence-corrected chi connectivity index (χ4v) is 5.14. The third-order valence-corrected chi connectivity index (χ3v) is 7.70. The molecule has 2 aliphatic carbocycles. The van der Waals surface area contributed by atoms with Crippen LogP contribution in [0.4, 0.5) is 0 Å². The van der Waals surface area contributed by atoms with Crippen LogP contribution in [0.5, 0.6) is 0 Å². The molecule has 0 radical (unpaired) electrons. The third-order valence-electron chi connectivity index (χ3n) is 7.70. The Hall–Kier alpha value is -1.75. The molecule has 0 aromatic carbocycles. The molecule has 4 rings (SSSR count). The van der Waals surface area contributed by atoms with Gasteiger partial charge in [0.2, 0.25) is 0 Å². The predicted molar refractivity (Wildman–Crippen MR) is 122 cm³/mol. The van der Waals surface area contributed by atoms with E-state index in [-0.39, 0.29) is 0 Å². The summed E-state index contributed by atoms with van der Waals surface area (Å²) in [5, 5.41) is 4.53. The first-order valence-corrected chi connectivity index (χ1v) is 11.9. The number of aromatic nitrogens is 4. The first-order valence-electron chi connectivity index (χ1n) is 11.9. The maximum atomic E-state index is 5.02. The van der Waals surface area contributed by atoms with Crippen molar-refractivity contribution < 1.29 is 0 Å². The second kappa shape index (κ2) is 9.17. The van der Waals surface area contributed by atoms with Crippen LogP contribution in [-0.2, 0) is 13.5 Å². The van der Waals surface area contributed by atoms with Crippen LogP contribution in [0.3, 0.4) is 0 Å². The SMILES string of the molecule is CC(c1nccc(-c2cnn(C)c2CC2CC2)n1)[C@H](C)CC1CCC(N(C)C)CC1. The first kappa shape index (κ1) is 21.5. The van der Waals surface area contributed by atoms with Crippen LogP contribution in [0.1, 0.15) is 76.2 Å². The largest absolute Gasteiger partial charge is 0.306 e. The van der Waals surface area contributed by atoms with Crippen LogP contribution in [-0.4, -0.2) is 44.8 Å². The third kappa shape index (κ3) is 4.93. The molecule has 0 saturated heterocycles. The second-order valence-electron chi connectivity index (χ2n) is 10.2. The molecule has 5 nitrogen and oxygen atoms in total. The Morgan fingerprint density at radius 2 is 1.77 bits per heavy atom. The van der Waals surface area contributed by atoms with E-state index in [4.69, 9.17) is 4.98 Å². The summed E-state index contributed by atoms with van der Waals surface area (Å²) in [6.07, 6.45) is 14.4. The highest BCUT2D eigenvalue weighted by Crippen LogP contribution is 2.37. The maximum Gasteiger partial charge on any atom is 0.132 e. The van der Waals surface area contributed by atoms with Crippen molar-refractivity contribution in [3.05, 3.63) is 30.0 Å². The molecule has 5 heteroatoms. The van der Waals surface area contributed by atoms with E-state index in [0.29, 0.717) is 11.8 Å². The molecule has 2 atom stereocenters. The monoisotopic (exact) mass is 409 g/mol. The van der Waals surface area contributed by atoms with Gasteiger partial charge < -0.3 is 4.90 Å². The van der Waals surface area contributed by atoms with Gasteiger partial charge in [0.1, 0.15) is 5.82 Å². The zero-order valence-electron chi connectivity index (χ0n) is 19.5. The summed E-state index contributed by atoms with van der Waals surface area (Å²) in [6, 6.07) is 2.83. The molecule has 2 saturated carbocycles. The van der Waals surface area contributed by atoms with Gasteiger partial charge >= 0.3 is 0 Å². The summed E-state index contributed by atoms with van der Waals surface area (Å²) in [7, 11) is 6.50. The molecule has 0 amide bonds. The summed E-state index contributed by atoms with van der Waals surface area (Å²) in [5.41, 5.74) is 3.55. The van der Waals surface area contributed by atoms with E-state index in [1.165, 1.54) is 56.2 Å². The second-order valence-corrected chi connectivity index (χ2v) is 10.2. The van der Waals surface area contributed by atoms with Crippen molar-refractivity contribution in [3.63, 3.8) is 0 Å². The summed E-state index contributed by atoms with van der Waals surface area (Å²) in [5.74, 6) is 3.65. The van der Waals surface area contributed by atoms with Crippen LogP contribution in [0.25, 0.3) is 11.3 Å². The van der Waals surface area contributed by atoms with Gasteiger partial charge in [-0.15, -0.1) is 0 Å². The maximum absolute atomic E-state index is 5.02. The Kier molecular flexibility index (Phi) is 6.57. The normalized spacial score (nSPS) is 24.2. The molecular formula is C25H39N5. The topological polar surface area (TPSA) is 46.8 Å². The van der Waals surface area contributed by atoms with Gasteiger partial charge in [0.25, 0.3) is 0 Å². The lowest BCUT2D eigenvalue weighted by atomic mass is 9.78. The Morgan fingerprint density at radius 3 is 2.43 bits per heavy atom. The number of aryl methyl sites for hydroxylation is 1. The van der Waals surface area contributed by atoms with Crippen LogP contribution in [0, 0.1) is 17.8 Å². The molecule has 2 aromatic rings. The van der Waals surface area contributed by atoms with Gasteiger partial charge in [-0.1, -0.05) is 13.8 Å². The molecule has 0 N–H and O–H groups in total. The Morgan fingerprint density at radius 1 is 1.07 bits per heavy atom. The molecule has 0 aliphatic heterocycles. The fraction of sp³-hybridized carbons (Fsp3) is 0.720. The van der Waals surface area contributed by atoms with Gasteiger partial charge in [-0.05, 0) is 89.3 Å². The lowest BCUT2D eigenvalue weighted by Gasteiger charge is -2.34. The van der Waals surface area contributed by atoms with Crippen LogP contribution in [0.15, 0.2) is 18.5 Å². The molecule has 30 heavy (non-hydrogen) atoms. The Bertz CT molecular complexity index is 830. The van der Waals surface area contributed by atoms with Crippen molar-refractivity contribution in [2.24, 2.45) is 24.8 Å². The summed E-state index contributed by atoms with van der Waals surface area (Å²) >= 11 is 0. The van der Waals surface area contributed by atoms with Gasteiger partial charge in [0.05, 0.1) is 11.9 Å². The summed E-state index contributed by atoms with van der Waals surface area (Å²) in [6.45, 7) is 4.70. The van der Waals surface area contributed by atoms with E-state index in [0.717, 1.165) is 35.8 Å². The highest BCUT2D eigenvalue weighted by Gasteiger charge is 2.28. The zero-order chi connectivity index (χ0) is 21.3. The minimum atomic E-state index is 0.375. The van der Waals surface area contributed by atoms with E-state index in [1.807, 2.05) is 17.1 Å². The average Bonchev–Trinajstić information content (AvgIpc) is 3.50. The van der Waals surface area contributed by atoms with E-state index < -0.39 is 0 Å². The Balaban J connectivity index is 1.42. The van der Waals surface area contributed by atoms with Crippen LogP contribution in [0.2, 0.25) is 0 Å². The minimum Gasteiger partial charge on any atom is -0.306 e.